The Labute approximate surface area is 163 Å². The molecule has 0 aliphatic carbocycles. The second-order valence-electron chi connectivity index (χ2n) is 6.30. The minimum Gasteiger partial charge on any atom is -0.495 e. The predicted octanol–water partition coefficient (Wildman–Crippen LogP) is 3.40. The molecule has 0 amide bonds. The minimum atomic E-state index is 0.357. The number of methoxy groups -OCH3 is 1. The lowest BCUT2D eigenvalue weighted by Crippen LogP contribution is -2.44. The van der Waals surface area contributed by atoms with Gasteiger partial charge >= 0.3 is 0 Å². The number of guanidine groups is 1. The first-order valence-electron chi connectivity index (χ1n) is 8.79. The summed E-state index contributed by atoms with van der Waals surface area (Å²) >= 11 is 3.46. The van der Waals surface area contributed by atoms with Gasteiger partial charge in [0.15, 0.2) is 5.96 Å². The van der Waals surface area contributed by atoms with Crippen LogP contribution in [0.3, 0.4) is 0 Å². The molecular formula is C20H25BrN4O. The number of nitrogens with zero attached hydrogens (tertiary/aromatic N) is 2. The molecule has 0 spiro atoms. The van der Waals surface area contributed by atoms with Crippen LogP contribution in [0.25, 0.3) is 0 Å². The maximum absolute atomic E-state index is 5.49. The summed E-state index contributed by atoms with van der Waals surface area (Å²) in [5, 5.41) is 6.92. The van der Waals surface area contributed by atoms with Crippen molar-refractivity contribution < 1.29 is 4.74 Å². The average Bonchev–Trinajstić information content (AvgIpc) is 3.14. The molecule has 138 valence electrons. The lowest BCUT2D eigenvalue weighted by Gasteiger charge is -2.22. The number of hydrogen-bond acceptors (Lipinski definition) is 3. The van der Waals surface area contributed by atoms with Gasteiger partial charge in [-0.2, -0.15) is 0 Å². The van der Waals surface area contributed by atoms with Crippen molar-refractivity contribution in [1.29, 1.82) is 0 Å². The van der Waals surface area contributed by atoms with Gasteiger partial charge in [-0.05, 0) is 36.2 Å². The molecule has 1 unspecified atom stereocenters. The topological polar surface area (TPSA) is 48.9 Å². The molecule has 0 aromatic heterocycles. The van der Waals surface area contributed by atoms with Gasteiger partial charge < -0.3 is 20.3 Å². The number of ether oxygens (including phenoxy) is 1. The average molecular weight is 417 g/mol. The SMILES string of the molecule is CN=C(NCc1ccc(Br)cc1)NC1CCN(c2ccccc2OC)C1. The molecule has 1 aliphatic rings. The van der Waals surface area contributed by atoms with Crippen molar-refractivity contribution in [1.82, 2.24) is 10.6 Å². The van der Waals surface area contributed by atoms with Crippen molar-refractivity contribution in [3.05, 3.63) is 58.6 Å². The molecule has 6 heteroatoms. The van der Waals surface area contributed by atoms with E-state index >= 15 is 0 Å². The number of hydrogen-bond donors (Lipinski definition) is 2. The van der Waals surface area contributed by atoms with Gasteiger partial charge in [-0.25, -0.2) is 0 Å². The van der Waals surface area contributed by atoms with Crippen molar-refractivity contribution in [2.24, 2.45) is 4.99 Å². The van der Waals surface area contributed by atoms with Crippen LogP contribution in [-0.2, 0) is 6.54 Å². The van der Waals surface area contributed by atoms with Crippen LogP contribution >= 0.6 is 15.9 Å². The lowest BCUT2D eigenvalue weighted by molar-refractivity contribution is 0.415. The van der Waals surface area contributed by atoms with Gasteiger partial charge in [0.2, 0.25) is 0 Å². The van der Waals surface area contributed by atoms with Gasteiger partial charge in [0.25, 0.3) is 0 Å². The molecule has 2 aromatic carbocycles. The summed E-state index contributed by atoms with van der Waals surface area (Å²) in [4.78, 5) is 6.72. The number of nitrogens with one attached hydrogen (secondary N) is 2. The first-order chi connectivity index (χ1) is 12.7. The summed E-state index contributed by atoms with van der Waals surface area (Å²) in [7, 11) is 3.53. The Morgan fingerprint density at radius 2 is 2.00 bits per heavy atom. The van der Waals surface area contributed by atoms with Crippen LogP contribution < -0.4 is 20.3 Å². The first kappa shape index (κ1) is 18.6. The maximum Gasteiger partial charge on any atom is 0.191 e. The van der Waals surface area contributed by atoms with Crippen LogP contribution in [-0.4, -0.2) is 39.2 Å². The molecule has 5 nitrogen and oxygen atoms in total. The van der Waals surface area contributed by atoms with Crippen molar-refractivity contribution in [3.8, 4) is 5.75 Å². The Hall–Kier alpha value is -2.21. The molecule has 3 rings (SSSR count). The molecular weight excluding hydrogens is 392 g/mol. The summed E-state index contributed by atoms with van der Waals surface area (Å²) in [6.45, 7) is 2.68. The number of halogens is 1. The van der Waals surface area contributed by atoms with E-state index in [1.807, 2.05) is 19.2 Å². The molecule has 0 saturated carbocycles. The quantitative estimate of drug-likeness (QED) is 0.579. The summed E-state index contributed by atoms with van der Waals surface area (Å²) in [5.74, 6) is 1.76. The van der Waals surface area contributed by atoms with Crippen molar-refractivity contribution in [2.45, 2.75) is 19.0 Å². The van der Waals surface area contributed by atoms with E-state index in [0.29, 0.717) is 6.04 Å². The highest BCUT2D eigenvalue weighted by atomic mass is 79.9. The fraction of sp³-hybridized carbons (Fsp3) is 0.350. The van der Waals surface area contributed by atoms with E-state index < -0.39 is 0 Å². The van der Waals surface area contributed by atoms with Gasteiger partial charge in [-0.1, -0.05) is 40.2 Å². The highest BCUT2D eigenvalue weighted by molar-refractivity contribution is 9.10. The number of benzene rings is 2. The number of para-hydroxylation sites is 2. The number of aliphatic imine (C=N–C) groups is 1. The molecule has 1 saturated heterocycles. The van der Waals surface area contributed by atoms with E-state index in [1.54, 1.807) is 7.11 Å². The highest BCUT2D eigenvalue weighted by Crippen LogP contribution is 2.30. The second-order valence-corrected chi connectivity index (χ2v) is 7.22. The highest BCUT2D eigenvalue weighted by Gasteiger charge is 2.25. The zero-order chi connectivity index (χ0) is 18.4. The minimum absolute atomic E-state index is 0.357. The Morgan fingerprint density at radius 1 is 1.23 bits per heavy atom. The van der Waals surface area contributed by atoms with Gasteiger partial charge in [-0.15, -0.1) is 0 Å². The molecule has 1 fully saturated rings. The summed E-state index contributed by atoms with van der Waals surface area (Å²) in [5.41, 5.74) is 2.37. The van der Waals surface area contributed by atoms with Crippen molar-refractivity contribution >= 4 is 27.6 Å². The standard InChI is InChI=1S/C20H25BrN4O/c1-22-20(23-13-15-7-9-16(21)10-8-15)24-17-11-12-25(14-17)18-5-3-4-6-19(18)26-2/h3-10,17H,11-14H2,1-2H3,(H2,22,23,24). The smallest absolute Gasteiger partial charge is 0.191 e. The molecule has 0 radical (unpaired) electrons. The van der Waals surface area contributed by atoms with E-state index in [1.165, 1.54) is 5.56 Å². The van der Waals surface area contributed by atoms with Gasteiger partial charge in [0, 0.05) is 37.2 Å². The van der Waals surface area contributed by atoms with Crippen LogP contribution in [0.2, 0.25) is 0 Å². The third kappa shape index (κ3) is 4.69. The Morgan fingerprint density at radius 3 is 2.73 bits per heavy atom. The molecule has 2 aromatic rings. The van der Waals surface area contributed by atoms with Crippen LogP contribution in [0, 0.1) is 0 Å². The number of rotatable bonds is 5. The van der Waals surface area contributed by atoms with Crippen LogP contribution in [0.1, 0.15) is 12.0 Å². The van der Waals surface area contributed by atoms with Crippen molar-refractivity contribution in [3.63, 3.8) is 0 Å². The van der Waals surface area contributed by atoms with Crippen LogP contribution in [0.4, 0.5) is 5.69 Å². The second kappa shape index (κ2) is 8.94. The van der Waals surface area contributed by atoms with Crippen molar-refractivity contribution in [2.75, 3.05) is 32.1 Å². The molecule has 26 heavy (non-hydrogen) atoms. The zero-order valence-corrected chi connectivity index (χ0v) is 16.8. The molecule has 2 N–H and O–H groups in total. The first-order valence-corrected chi connectivity index (χ1v) is 9.58. The third-order valence-corrected chi connectivity index (χ3v) is 5.08. The molecule has 1 atom stereocenters. The molecule has 0 bridgehead atoms. The normalized spacial score (nSPS) is 17.3. The van der Waals surface area contributed by atoms with E-state index in [4.69, 9.17) is 4.74 Å². The maximum atomic E-state index is 5.49. The van der Waals surface area contributed by atoms with E-state index in [-0.39, 0.29) is 0 Å². The summed E-state index contributed by atoms with van der Waals surface area (Å²) < 4.78 is 6.58. The summed E-state index contributed by atoms with van der Waals surface area (Å²) in [6.07, 6.45) is 1.07. The van der Waals surface area contributed by atoms with E-state index in [2.05, 4.69) is 72.9 Å². The number of anilines is 1. The fourth-order valence-corrected chi connectivity index (χ4v) is 3.43. The van der Waals surface area contributed by atoms with Gasteiger partial charge in [0.1, 0.15) is 5.75 Å². The third-order valence-electron chi connectivity index (χ3n) is 4.55. The van der Waals surface area contributed by atoms with E-state index in [9.17, 15) is 0 Å². The van der Waals surface area contributed by atoms with Crippen LogP contribution in [0.15, 0.2) is 58.0 Å². The molecule has 1 heterocycles. The monoisotopic (exact) mass is 416 g/mol. The Kier molecular flexibility index (Phi) is 6.39. The Balaban J connectivity index is 1.54. The molecule has 1 aliphatic heterocycles. The van der Waals surface area contributed by atoms with Crippen LogP contribution in [0.5, 0.6) is 5.75 Å². The van der Waals surface area contributed by atoms with Gasteiger partial charge in [0.05, 0.1) is 12.8 Å². The zero-order valence-electron chi connectivity index (χ0n) is 15.2. The summed E-state index contributed by atoms with van der Waals surface area (Å²) in [6, 6.07) is 16.8. The Bertz CT molecular complexity index is 748. The van der Waals surface area contributed by atoms with Gasteiger partial charge in [-0.3, -0.25) is 4.99 Å². The van der Waals surface area contributed by atoms with E-state index in [0.717, 1.165) is 47.9 Å². The predicted molar refractivity (Wildman–Crippen MR) is 111 cm³/mol. The largest absolute Gasteiger partial charge is 0.495 e. The fourth-order valence-electron chi connectivity index (χ4n) is 3.16. The lowest BCUT2D eigenvalue weighted by atomic mass is 10.2.